The summed E-state index contributed by atoms with van der Waals surface area (Å²) in [7, 11) is 3.98. The lowest BCUT2D eigenvalue weighted by Crippen LogP contribution is -2.45. The van der Waals surface area contributed by atoms with Gasteiger partial charge in [0.2, 0.25) is 0 Å². The Morgan fingerprint density at radius 2 is 1.91 bits per heavy atom. The molecule has 1 amide bonds. The number of halogens is 3. The molecule has 10 heteroatoms. The second kappa shape index (κ2) is 12.3. The van der Waals surface area contributed by atoms with Crippen LogP contribution in [0.25, 0.3) is 16.3 Å². The molecule has 2 aromatic heterocycles. The first-order valence-corrected chi connectivity index (χ1v) is 12.8. The van der Waals surface area contributed by atoms with E-state index in [9.17, 15) is 4.79 Å². The third-order valence-electron chi connectivity index (χ3n) is 5.54. The van der Waals surface area contributed by atoms with Gasteiger partial charge in [0, 0.05) is 23.7 Å². The number of piperidine rings is 1. The summed E-state index contributed by atoms with van der Waals surface area (Å²) in [5, 5.41) is 7.70. The lowest BCUT2D eigenvalue weighted by molar-refractivity contribution is 0.0743. The van der Waals surface area contributed by atoms with E-state index in [2.05, 4.69) is 17.3 Å². The zero-order valence-electron chi connectivity index (χ0n) is 19.9. The van der Waals surface area contributed by atoms with Crippen LogP contribution in [0.2, 0.25) is 10.0 Å². The Hall–Kier alpha value is -2.05. The van der Waals surface area contributed by atoms with Crippen molar-refractivity contribution in [3.63, 3.8) is 0 Å². The second-order valence-corrected chi connectivity index (χ2v) is 10.4. The van der Waals surface area contributed by atoms with Gasteiger partial charge < -0.3 is 0 Å². The molecule has 0 radical (unpaired) electrons. The highest BCUT2D eigenvalue weighted by Gasteiger charge is 2.25. The van der Waals surface area contributed by atoms with Crippen molar-refractivity contribution in [2.24, 2.45) is 0 Å². The molecule has 3 aromatic rings. The van der Waals surface area contributed by atoms with Gasteiger partial charge in [0.05, 0.1) is 32.7 Å². The number of hydrogen-bond donors (Lipinski definition) is 1. The van der Waals surface area contributed by atoms with Gasteiger partial charge in [0.25, 0.3) is 5.91 Å². The molecule has 0 unspecified atom stereocenters. The average molecular weight is 553 g/mol. The highest BCUT2D eigenvalue weighted by atomic mass is 35.5. The molecule has 0 saturated carbocycles. The number of carbonyl (C=O) groups is 1. The average Bonchev–Trinajstić information content (AvgIpc) is 3.38. The Labute approximate surface area is 226 Å². The smallest absolute Gasteiger partial charge is 0.286 e. The van der Waals surface area contributed by atoms with Crippen LogP contribution in [0.4, 0.5) is 0 Å². The topological polar surface area (TPSA) is 53.4 Å². The molecule has 0 bridgehead atoms. The molecule has 0 aliphatic carbocycles. The normalized spacial score (nSPS) is 13.8. The first-order chi connectivity index (χ1) is 16.3. The van der Waals surface area contributed by atoms with Crippen LogP contribution in [0.5, 0.6) is 0 Å². The Balaban J connectivity index is 0.00000342. The molecule has 4 rings (SSSR count). The lowest BCUT2D eigenvalue weighted by atomic mass is 10.1. The maximum atomic E-state index is 13.2. The number of rotatable bonds is 5. The summed E-state index contributed by atoms with van der Waals surface area (Å²) < 4.78 is 1.74. The van der Waals surface area contributed by atoms with E-state index in [4.69, 9.17) is 28.3 Å². The monoisotopic (exact) mass is 551 g/mol. The van der Waals surface area contributed by atoms with Crippen LogP contribution in [-0.4, -0.2) is 59.3 Å². The Kier molecular flexibility index (Phi) is 9.65. The van der Waals surface area contributed by atoms with Crippen LogP contribution in [0.3, 0.4) is 0 Å². The van der Waals surface area contributed by atoms with E-state index in [-0.39, 0.29) is 18.3 Å². The van der Waals surface area contributed by atoms with Crippen molar-refractivity contribution in [3.8, 4) is 28.1 Å². The largest absolute Gasteiger partial charge is 0.299 e. The van der Waals surface area contributed by atoms with Gasteiger partial charge >= 0.3 is 0 Å². The van der Waals surface area contributed by atoms with Gasteiger partial charge in [0.15, 0.2) is 5.69 Å². The predicted molar refractivity (Wildman–Crippen MR) is 147 cm³/mol. The van der Waals surface area contributed by atoms with E-state index in [1.807, 2.05) is 49.1 Å². The molecule has 6 nitrogen and oxygen atoms in total. The third kappa shape index (κ3) is 6.59. The predicted octanol–water partition coefficient (Wildman–Crippen LogP) is 5.68. The maximum Gasteiger partial charge on any atom is 0.286 e. The number of nitrogens with one attached hydrogen (secondary N) is 1. The van der Waals surface area contributed by atoms with Crippen molar-refractivity contribution < 1.29 is 4.79 Å². The van der Waals surface area contributed by atoms with E-state index in [1.54, 1.807) is 28.2 Å². The van der Waals surface area contributed by atoms with Crippen molar-refractivity contribution in [2.45, 2.75) is 26.2 Å². The lowest BCUT2D eigenvalue weighted by Gasteiger charge is -2.26. The molecule has 1 saturated heterocycles. The maximum absolute atomic E-state index is 13.2. The summed E-state index contributed by atoms with van der Waals surface area (Å²) >= 11 is 14.2. The Morgan fingerprint density at radius 3 is 2.60 bits per heavy atom. The molecule has 1 fully saturated rings. The summed E-state index contributed by atoms with van der Waals surface area (Å²) in [6.07, 6.45) is 3.34. The summed E-state index contributed by atoms with van der Waals surface area (Å²) in [4.78, 5) is 17.1. The fourth-order valence-corrected chi connectivity index (χ4v) is 5.30. The molecule has 0 spiro atoms. The minimum Gasteiger partial charge on any atom is -0.299 e. The molecule has 35 heavy (non-hydrogen) atoms. The van der Waals surface area contributed by atoms with Crippen molar-refractivity contribution in [3.05, 3.63) is 56.5 Å². The van der Waals surface area contributed by atoms with Crippen LogP contribution in [0.1, 0.15) is 40.2 Å². The van der Waals surface area contributed by atoms with Crippen LogP contribution in [-0.2, 0) is 0 Å². The van der Waals surface area contributed by atoms with E-state index < -0.39 is 0 Å². The molecule has 1 aliphatic heterocycles. The van der Waals surface area contributed by atoms with E-state index in [1.165, 1.54) is 6.42 Å². The van der Waals surface area contributed by atoms with Crippen molar-refractivity contribution in [1.82, 2.24) is 25.1 Å². The molecule has 3 heterocycles. The van der Waals surface area contributed by atoms with Crippen LogP contribution < -0.4 is 5.43 Å². The van der Waals surface area contributed by atoms with E-state index in [0.29, 0.717) is 28.0 Å². The van der Waals surface area contributed by atoms with Crippen LogP contribution >= 0.6 is 46.9 Å². The van der Waals surface area contributed by atoms with E-state index >= 15 is 0 Å². The zero-order valence-corrected chi connectivity index (χ0v) is 23.0. The number of nitrogens with zero attached hydrogens (tertiary/aromatic N) is 4. The van der Waals surface area contributed by atoms with Gasteiger partial charge in [-0.15, -0.1) is 23.7 Å². The van der Waals surface area contributed by atoms with Gasteiger partial charge in [0.1, 0.15) is 0 Å². The molecule has 186 valence electrons. The quantitative estimate of drug-likeness (QED) is 0.414. The van der Waals surface area contributed by atoms with E-state index in [0.717, 1.165) is 46.9 Å². The molecule has 1 aliphatic rings. The molecule has 1 aromatic carbocycles. The molecular formula is C25H28Cl3N5OS. The SMILES string of the molecule is Cc1c(C(=O)NN2CCCCC2)nn(-c2ccc(Cl)cc2Cl)c1-c1ccc(C#CCN(C)C)s1.Cl. The highest BCUT2D eigenvalue weighted by Crippen LogP contribution is 2.36. The Bertz CT molecular complexity index is 1250. The number of carbonyl (C=O) groups excluding carboxylic acids is 1. The molecular weight excluding hydrogens is 525 g/mol. The number of hydrazine groups is 1. The fourth-order valence-electron chi connectivity index (χ4n) is 3.85. The summed E-state index contributed by atoms with van der Waals surface area (Å²) in [5.41, 5.74) is 5.67. The zero-order chi connectivity index (χ0) is 24.2. The summed E-state index contributed by atoms with van der Waals surface area (Å²) in [6, 6.07) is 9.28. The van der Waals surface area contributed by atoms with Crippen molar-refractivity contribution >= 4 is 52.9 Å². The van der Waals surface area contributed by atoms with Gasteiger partial charge in [-0.05, 0) is 64.2 Å². The van der Waals surface area contributed by atoms with Crippen molar-refractivity contribution in [1.29, 1.82) is 0 Å². The van der Waals surface area contributed by atoms with Gasteiger partial charge in [-0.25, -0.2) is 9.69 Å². The fraction of sp³-hybridized carbons (Fsp3) is 0.360. The van der Waals surface area contributed by atoms with Crippen molar-refractivity contribution in [2.75, 3.05) is 33.7 Å². The van der Waals surface area contributed by atoms with Crippen LogP contribution in [0.15, 0.2) is 30.3 Å². The number of thiophene rings is 1. The third-order valence-corrected chi connectivity index (χ3v) is 7.08. The number of hydrogen-bond acceptors (Lipinski definition) is 5. The van der Waals surface area contributed by atoms with Crippen LogP contribution in [0, 0.1) is 18.8 Å². The number of benzene rings is 1. The number of amides is 1. The second-order valence-electron chi connectivity index (χ2n) is 8.52. The standard InChI is InChI=1S/C25H27Cl2N5OS.ClH/c1-17-23(25(33)29-31-14-5-4-6-15-31)28-32(21-11-9-18(26)16-20(21)27)24(17)22-12-10-19(34-22)8-7-13-30(2)3;/h9-12,16H,4-6,13-15H2,1-3H3,(H,29,33);1H. The highest BCUT2D eigenvalue weighted by molar-refractivity contribution is 7.16. The molecule has 0 atom stereocenters. The number of aromatic nitrogens is 2. The van der Waals surface area contributed by atoms with Gasteiger partial charge in [-0.3, -0.25) is 15.1 Å². The summed E-state index contributed by atoms with van der Waals surface area (Å²) in [5.74, 6) is 6.17. The first-order valence-electron chi connectivity index (χ1n) is 11.2. The first kappa shape index (κ1) is 27.5. The Morgan fingerprint density at radius 1 is 1.17 bits per heavy atom. The van der Waals surface area contributed by atoms with Gasteiger partial charge in [-0.2, -0.15) is 5.10 Å². The molecule has 1 N–H and O–H groups in total. The minimum absolute atomic E-state index is 0. The van der Waals surface area contributed by atoms with Gasteiger partial charge in [-0.1, -0.05) is 41.5 Å². The minimum atomic E-state index is -0.216. The summed E-state index contributed by atoms with van der Waals surface area (Å²) in [6.45, 7) is 4.30.